The quantitative estimate of drug-likeness (QED) is 0.750. The van der Waals surface area contributed by atoms with Crippen LogP contribution in [0.4, 0.5) is 0 Å². The molecule has 1 unspecified atom stereocenters. The minimum atomic E-state index is 0.585. The molecule has 1 aromatic rings. The predicted molar refractivity (Wildman–Crippen MR) is 59.4 cm³/mol. The Balaban J connectivity index is 2.37. The van der Waals surface area contributed by atoms with Gasteiger partial charge in [-0.1, -0.05) is 6.92 Å². The van der Waals surface area contributed by atoms with Gasteiger partial charge in [0.1, 0.15) is 5.82 Å². The molecule has 3 heteroatoms. The minimum Gasteiger partial charge on any atom is -0.335 e. The highest BCUT2D eigenvalue weighted by atomic mass is 15.1. The van der Waals surface area contributed by atoms with Crippen LogP contribution in [0.5, 0.6) is 0 Å². The first kappa shape index (κ1) is 11.2. The Bertz CT molecular complexity index is 255. The maximum absolute atomic E-state index is 4.35. The number of rotatable bonds is 6. The van der Waals surface area contributed by atoms with Crippen molar-refractivity contribution >= 4 is 0 Å². The third-order valence-corrected chi connectivity index (χ3v) is 2.50. The van der Waals surface area contributed by atoms with Crippen LogP contribution in [0.3, 0.4) is 0 Å². The molecule has 1 atom stereocenters. The Morgan fingerprint density at radius 1 is 1.50 bits per heavy atom. The second kappa shape index (κ2) is 5.81. The average molecular weight is 195 g/mol. The molecule has 3 nitrogen and oxygen atoms in total. The fraction of sp³-hybridized carbons (Fsp3) is 0.727. The normalized spacial score (nSPS) is 13.1. The molecular weight excluding hydrogens is 174 g/mol. The zero-order valence-electron chi connectivity index (χ0n) is 9.45. The Morgan fingerprint density at radius 2 is 2.29 bits per heavy atom. The number of nitrogens with one attached hydrogen (secondary N) is 1. The second-order valence-electron chi connectivity index (χ2n) is 3.63. The molecule has 1 aromatic heterocycles. The Labute approximate surface area is 86.5 Å². The first-order valence-corrected chi connectivity index (χ1v) is 5.51. The molecule has 1 heterocycles. The first-order valence-electron chi connectivity index (χ1n) is 5.51. The van der Waals surface area contributed by atoms with Crippen molar-refractivity contribution < 1.29 is 0 Å². The Morgan fingerprint density at radius 3 is 2.93 bits per heavy atom. The lowest BCUT2D eigenvalue weighted by Crippen LogP contribution is -2.26. The van der Waals surface area contributed by atoms with Crippen molar-refractivity contribution in [2.45, 2.75) is 46.2 Å². The Hall–Kier alpha value is -0.830. The molecule has 0 bridgehead atoms. The van der Waals surface area contributed by atoms with Crippen LogP contribution in [0.1, 0.15) is 33.0 Å². The van der Waals surface area contributed by atoms with Gasteiger partial charge in [-0.15, -0.1) is 0 Å². The van der Waals surface area contributed by atoms with Crippen LogP contribution in [-0.4, -0.2) is 22.1 Å². The number of hydrogen-bond donors (Lipinski definition) is 1. The van der Waals surface area contributed by atoms with Gasteiger partial charge in [0, 0.05) is 31.4 Å². The molecule has 0 amide bonds. The third kappa shape index (κ3) is 3.14. The van der Waals surface area contributed by atoms with E-state index in [2.05, 4.69) is 35.6 Å². The lowest BCUT2D eigenvalue weighted by Gasteiger charge is -2.12. The minimum absolute atomic E-state index is 0.585. The van der Waals surface area contributed by atoms with E-state index >= 15 is 0 Å². The molecule has 0 aliphatic rings. The fourth-order valence-corrected chi connectivity index (χ4v) is 1.65. The number of imidazole rings is 1. The molecular formula is C11H21N3. The van der Waals surface area contributed by atoms with Gasteiger partial charge in [0.05, 0.1) is 0 Å². The van der Waals surface area contributed by atoms with E-state index in [9.17, 15) is 0 Å². The van der Waals surface area contributed by atoms with Crippen molar-refractivity contribution in [3.63, 3.8) is 0 Å². The average Bonchev–Trinajstić information content (AvgIpc) is 2.62. The lowest BCUT2D eigenvalue weighted by atomic mass is 10.2. The highest BCUT2D eigenvalue weighted by Crippen LogP contribution is 2.03. The van der Waals surface area contributed by atoms with Crippen LogP contribution in [0.25, 0.3) is 0 Å². The summed E-state index contributed by atoms with van der Waals surface area (Å²) in [5.41, 5.74) is 0. The van der Waals surface area contributed by atoms with E-state index in [4.69, 9.17) is 0 Å². The van der Waals surface area contributed by atoms with E-state index in [-0.39, 0.29) is 0 Å². The van der Waals surface area contributed by atoms with E-state index in [0.29, 0.717) is 6.04 Å². The van der Waals surface area contributed by atoms with E-state index in [1.165, 1.54) is 5.82 Å². The van der Waals surface area contributed by atoms with Gasteiger partial charge in [-0.25, -0.2) is 4.98 Å². The summed E-state index contributed by atoms with van der Waals surface area (Å²) in [5, 5.41) is 3.41. The van der Waals surface area contributed by atoms with Gasteiger partial charge in [-0.05, 0) is 26.8 Å². The standard InChI is InChI=1S/C11H21N3/c1-4-12-10(3)6-7-11-13-8-9-14(11)5-2/h8-10,12H,4-7H2,1-3H3. The topological polar surface area (TPSA) is 29.9 Å². The second-order valence-corrected chi connectivity index (χ2v) is 3.63. The summed E-state index contributed by atoms with van der Waals surface area (Å²) in [6, 6.07) is 0.585. The third-order valence-electron chi connectivity index (χ3n) is 2.50. The molecule has 1 N–H and O–H groups in total. The molecule has 0 saturated carbocycles. The molecule has 0 radical (unpaired) electrons. The predicted octanol–water partition coefficient (Wildman–Crippen LogP) is 1.83. The first-order chi connectivity index (χ1) is 6.77. The van der Waals surface area contributed by atoms with Gasteiger partial charge in [-0.3, -0.25) is 0 Å². The monoisotopic (exact) mass is 195 g/mol. The summed E-state index contributed by atoms with van der Waals surface area (Å²) in [4.78, 5) is 4.35. The van der Waals surface area contributed by atoms with Crippen LogP contribution in [0.15, 0.2) is 12.4 Å². The van der Waals surface area contributed by atoms with E-state index < -0.39 is 0 Å². The number of hydrogen-bond acceptors (Lipinski definition) is 2. The molecule has 1 rings (SSSR count). The maximum atomic E-state index is 4.35. The molecule has 0 aliphatic carbocycles. The smallest absolute Gasteiger partial charge is 0.108 e. The van der Waals surface area contributed by atoms with Crippen molar-refractivity contribution in [2.75, 3.05) is 6.54 Å². The van der Waals surface area contributed by atoms with Crippen LogP contribution >= 0.6 is 0 Å². The SMILES string of the molecule is CCNC(C)CCc1nccn1CC. The van der Waals surface area contributed by atoms with Crippen molar-refractivity contribution in [1.82, 2.24) is 14.9 Å². The maximum Gasteiger partial charge on any atom is 0.108 e. The van der Waals surface area contributed by atoms with Gasteiger partial charge in [0.25, 0.3) is 0 Å². The Kier molecular flexibility index (Phi) is 4.66. The summed E-state index contributed by atoms with van der Waals surface area (Å²) >= 11 is 0. The summed E-state index contributed by atoms with van der Waals surface area (Å²) < 4.78 is 2.21. The molecule has 0 aromatic carbocycles. The van der Waals surface area contributed by atoms with Crippen molar-refractivity contribution in [3.05, 3.63) is 18.2 Å². The molecule has 0 spiro atoms. The zero-order valence-corrected chi connectivity index (χ0v) is 9.45. The molecule has 0 saturated heterocycles. The lowest BCUT2D eigenvalue weighted by molar-refractivity contribution is 0.516. The van der Waals surface area contributed by atoms with Crippen molar-refractivity contribution in [1.29, 1.82) is 0 Å². The summed E-state index contributed by atoms with van der Waals surface area (Å²) in [7, 11) is 0. The van der Waals surface area contributed by atoms with Crippen LogP contribution in [0.2, 0.25) is 0 Å². The largest absolute Gasteiger partial charge is 0.335 e. The summed E-state index contributed by atoms with van der Waals surface area (Å²) in [6.45, 7) is 8.58. The van der Waals surface area contributed by atoms with Crippen LogP contribution < -0.4 is 5.32 Å². The van der Waals surface area contributed by atoms with Crippen LogP contribution in [0, 0.1) is 0 Å². The molecule has 80 valence electrons. The highest BCUT2D eigenvalue weighted by molar-refractivity contribution is 4.92. The number of aryl methyl sites for hydroxylation is 2. The molecule has 14 heavy (non-hydrogen) atoms. The fourth-order valence-electron chi connectivity index (χ4n) is 1.65. The number of nitrogens with zero attached hydrogens (tertiary/aromatic N) is 2. The highest BCUT2D eigenvalue weighted by Gasteiger charge is 2.04. The van der Waals surface area contributed by atoms with Gasteiger partial charge in [0.15, 0.2) is 0 Å². The van der Waals surface area contributed by atoms with Gasteiger partial charge >= 0.3 is 0 Å². The van der Waals surface area contributed by atoms with E-state index in [1.807, 2.05) is 12.4 Å². The van der Waals surface area contributed by atoms with Gasteiger partial charge in [-0.2, -0.15) is 0 Å². The summed E-state index contributed by atoms with van der Waals surface area (Å²) in [5.74, 6) is 1.21. The number of aromatic nitrogens is 2. The van der Waals surface area contributed by atoms with Crippen molar-refractivity contribution in [2.24, 2.45) is 0 Å². The summed E-state index contributed by atoms with van der Waals surface area (Å²) in [6.07, 6.45) is 6.16. The molecule has 0 fully saturated rings. The van der Waals surface area contributed by atoms with Crippen LogP contribution in [-0.2, 0) is 13.0 Å². The van der Waals surface area contributed by atoms with Gasteiger partial charge < -0.3 is 9.88 Å². The van der Waals surface area contributed by atoms with Gasteiger partial charge in [0.2, 0.25) is 0 Å². The van der Waals surface area contributed by atoms with E-state index in [0.717, 1.165) is 25.9 Å². The van der Waals surface area contributed by atoms with E-state index in [1.54, 1.807) is 0 Å². The van der Waals surface area contributed by atoms with Crippen molar-refractivity contribution in [3.8, 4) is 0 Å². The zero-order chi connectivity index (χ0) is 10.4. The molecule has 0 aliphatic heterocycles.